The number of ether oxygens (including phenoxy) is 2. The summed E-state index contributed by atoms with van der Waals surface area (Å²) >= 11 is 5.96. The zero-order valence-electron chi connectivity index (χ0n) is 24.5. The maximum absolute atomic E-state index is 15.6. The van der Waals surface area contributed by atoms with Crippen LogP contribution in [0.5, 0.6) is 11.8 Å². The molecule has 234 valence electrons. The van der Waals surface area contributed by atoms with Gasteiger partial charge in [0.2, 0.25) is 0 Å². The van der Waals surface area contributed by atoms with Gasteiger partial charge in [-0.3, -0.25) is 9.69 Å². The minimum atomic E-state index is -0.809. The normalized spacial score (nSPS) is 13.3. The van der Waals surface area contributed by atoms with Crippen LogP contribution in [-0.2, 0) is 11.3 Å². The van der Waals surface area contributed by atoms with Crippen molar-refractivity contribution in [2.75, 3.05) is 40.0 Å². The Morgan fingerprint density at radius 1 is 1.00 bits per heavy atom. The van der Waals surface area contributed by atoms with Crippen LogP contribution < -0.4 is 4.74 Å². The van der Waals surface area contributed by atoms with Crippen LogP contribution >= 0.6 is 11.6 Å². The second-order valence-corrected chi connectivity index (χ2v) is 10.9. The van der Waals surface area contributed by atoms with E-state index in [4.69, 9.17) is 31.3 Å². The summed E-state index contributed by atoms with van der Waals surface area (Å²) in [6.07, 6.45) is 0.596. The number of benzene rings is 4. The third kappa shape index (κ3) is 7.38. The predicted octanol–water partition coefficient (Wildman–Crippen LogP) is 6.48. The Balaban J connectivity index is 0.00000196. The third-order valence-electron chi connectivity index (χ3n) is 7.45. The van der Waals surface area contributed by atoms with Crippen molar-refractivity contribution in [1.82, 2.24) is 14.9 Å². The predicted molar refractivity (Wildman–Crippen MR) is 169 cm³/mol. The fourth-order valence-corrected chi connectivity index (χ4v) is 5.44. The van der Waals surface area contributed by atoms with E-state index in [1.807, 2.05) is 24.3 Å². The summed E-state index contributed by atoms with van der Waals surface area (Å²) in [6, 6.07) is 20.9. The smallest absolute Gasteiger partial charge is 0.300 e. The number of fused-ring (bicyclic) bond motifs is 1. The van der Waals surface area contributed by atoms with Gasteiger partial charge >= 0.3 is 0 Å². The zero-order valence-corrected chi connectivity index (χ0v) is 25.2. The third-order valence-corrected chi connectivity index (χ3v) is 7.79. The van der Waals surface area contributed by atoms with E-state index in [2.05, 4.69) is 27.0 Å². The van der Waals surface area contributed by atoms with Crippen LogP contribution in [0.3, 0.4) is 0 Å². The van der Waals surface area contributed by atoms with Crippen LogP contribution in [0, 0.1) is 17.6 Å². The maximum Gasteiger partial charge on any atom is 0.300 e. The number of carbonyl (C=O) groups excluding carboxylic acids is 1. The molecule has 1 fully saturated rings. The minimum absolute atomic E-state index is 0.0509. The van der Waals surface area contributed by atoms with E-state index >= 15 is 8.78 Å². The number of hydrogen-bond acceptors (Lipinski definition) is 7. The molecular formula is C34H32ClF2N3O5. The Labute approximate surface area is 263 Å². The zero-order chi connectivity index (χ0) is 31.9. The summed E-state index contributed by atoms with van der Waals surface area (Å²) in [5.74, 6) is -0.767. The van der Waals surface area contributed by atoms with Gasteiger partial charge in [-0.1, -0.05) is 60.1 Å². The van der Waals surface area contributed by atoms with Crippen LogP contribution in [0.4, 0.5) is 8.78 Å². The van der Waals surface area contributed by atoms with E-state index in [1.165, 1.54) is 23.8 Å². The molecule has 1 aromatic heterocycles. The van der Waals surface area contributed by atoms with Gasteiger partial charge in [-0.05, 0) is 40.5 Å². The van der Waals surface area contributed by atoms with Crippen molar-refractivity contribution in [3.63, 3.8) is 0 Å². The van der Waals surface area contributed by atoms with E-state index in [1.54, 1.807) is 18.2 Å². The SMILES string of the molecule is CO.O=Cc1cc(Oc2nc3c(F)c(-c4ccc(-c5ccc(CN6CC(COCCO)C6)cc5)cc4)c(F)cc3[nH]2)ccc1Cl. The summed E-state index contributed by atoms with van der Waals surface area (Å²) in [5, 5.41) is 16.1. The fraction of sp³-hybridized carbons (Fsp3) is 0.235. The molecule has 0 unspecified atom stereocenters. The number of nitrogens with one attached hydrogen (secondary N) is 1. The summed E-state index contributed by atoms with van der Waals surface area (Å²) in [5.41, 5.74) is 3.63. The highest BCUT2D eigenvalue weighted by molar-refractivity contribution is 6.33. The highest BCUT2D eigenvalue weighted by atomic mass is 35.5. The van der Waals surface area contributed by atoms with Gasteiger partial charge in [0.05, 0.1) is 35.9 Å². The lowest BCUT2D eigenvalue weighted by atomic mass is 9.97. The molecule has 45 heavy (non-hydrogen) atoms. The van der Waals surface area contributed by atoms with Crippen LogP contribution in [-0.4, -0.2) is 71.4 Å². The number of aliphatic hydroxyl groups excluding tert-OH is 2. The van der Waals surface area contributed by atoms with E-state index in [-0.39, 0.29) is 45.5 Å². The van der Waals surface area contributed by atoms with Gasteiger partial charge in [-0.15, -0.1) is 0 Å². The number of aromatic amines is 1. The Morgan fingerprint density at radius 3 is 2.33 bits per heavy atom. The first-order valence-corrected chi connectivity index (χ1v) is 14.7. The van der Waals surface area contributed by atoms with Gasteiger partial charge in [0.1, 0.15) is 17.1 Å². The molecule has 0 aliphatic carbocycles. The first-order valence-electron chi connectivity index (χ1n) is 14.3. The molecule has 1 aliphatic heterocycles. The first kappa shape index (κ1) is 32.2. The number of halogens is 3. The first-order chi connectivity index (χ1) is 21.9. The molecule has 0 saturated carbocycles. The lowest BCUT2D eigenvalue weighted by Gasteiger charge is -2.39. The summed E-state index contributed by atoms with van der Waals surface area (Å²) in [4.78, 5) is 20.5. The standard InChI is InChI=1S/C33H28ClF2N3O4.CH4O/c34-27-10-9-26(13-25(27)18-41)43-33-37-29-14-28(35)30(31(36)32(29)38-33)24-7-5-23(6-8-24)22-3-1-20(2-4-22)15-39-16-21(17-39)19-42-12-11-40;1-2/h1-10,13-14,18,21,40H,11-12,15-17,19H2,(H,37,38);2H,1H3. The number of aromatic nitrogens is 2. The van der Waals surface area contributed by atoms with Crippen LogP contribution in [0.25, 0.3) is 33.3 Å². The second kappa shape index (κ2) is 14.7. The van der Waals surface area contributed by atoms with Gasteiger partial charge < -0.3 is 24.7 Å². The number of carbonyl (C=O) groups is 1. The number of imidazole rings is 1. The van der Waals surface area contributed by atoms with Crippen molar-refractivity contribution >= 4 is 28.9 Å². The second-order valence-electron chi connectivity index (χ2n) is 10.5. The molecule has 5 aromatic rings. The number of aliphatic hydroxyl groups is 2. The van der Waals surface area contributed by atoms with Crippen molar-refractivity contribution in [1.29, 1.82) is 0 Å². The molecule has 1 aliphatic rings. The molecule has 0 radical (unpaired) electrons. The lowest BCUT2D eigenvalue weighted by Crippen LogP contribution is -2.48. The molecule has 8 nitrogen and oxygen atoms in total. The molecule has 0 atom stereocenters. The van der Waals surface area contributed by atoms with E-state index in [9.17, 15) is 4.79 Å². The Kier molecular flexibility index (Phi) is 10.5. The van der Waals surface area contributed by atoms with Crippen LogP contribution in [0.15, 0.2) is 72.8 Å². The highest BCUT2D eigenvalue weighted by Gasteiger charge is 2.26. The largest absolute Gasteiger partial charge is 0.426 e. The topological polar surface area (TPSA) is 108 Å². The summed E-state index contributed by atoms with van der Waals surface area (Å²) in [6.45, 7) is 3.93. The fourth-order valence-electron chi connectivity index (χ4n) is 5.27. The maximum atomic E-state index is 15.6. The van der Waals surface area contributed by atoms with Crippen molar-refractivity contribution in [2.45, 2.75) is 6.54 Å². The van der Waals surface area contributed by atoms with Crippen molar-refractivity contribution in [3.8, 4) is 34.0 Å². The van der Waals surface area contributed by atoms with E-state index in [0.29, 0.717) is 31.0 Å². The van der Waals surface area contributed by atoms with Crippen molar-refractivity contribution < 1.29 is 33.3 Å². The lowest BCUT2D eigenvalue weighted by molar-refractivity contribution is 0.000500. The molecule has 3 N–H and O–H groups in total. The Bertz CT molecular complexity index is 1760. The van der Waals surface area contributed by atoms with Gasteiger partial charge in [-0.25, -0.2) is 8.78 Å². The molecule has 0 bridgehead atoms. The summed E-state index contributed by atoms with van der Waals surface area (Å²) < 4.78 is 41.8. The number of rotatable bonds is 11. The molecule has 1 saturated heterocycles. The molecule has 6 rings (SSSR count). The number of H-pyrrole nitrogens is 1. The minimum Gasteiger partial charge on any atom is -0.426 e. The number of likely N-dealkylation sites (tertiary alicyclic amines) is 1. The Morgan fingerprint density at radius 2 is 1.67 bits per heavy atom. The monoisotopic (exact) mass is 635 g/mol. The average Bonchev–Trinajstić information content (AvgIpc) is 3.44. The molecule has 2 heterocycles. The van der Waals surface area contributed by atoms with Crippen molar-refractivity contribution in [3.05, 3.63) is 101 Å². The molecule has 0 spiro atoms. The van der Waals surface area contributed by atoms with E-state index in [0.717, 1.165) is 37.9 Å². The molecule has 4 aromatic carbocycles. The average molecular weight is 636 g/mol. The van der Waals surface area contributed by atoms with E-state index < -0.39 is 11.6 Å². The highest BCUT2D eigenvalue weighted by Crippen LogP contribution is 2.34. The van der Waals surface area contributed by atoms with Gasteiger partial charge in [-0.2, -0.15) is 4.98 Å². The molecular weight excluding hydrogens is 604 g/mol. The molecule has 0 amide bonds. The van der Waals surface area contributed by atoms with Gasteiger partial charge in [0, 0.05) is 44.3 Å². The number of hydrogen-bond donors (Lipinski definition) is 3. The summed E-state index contributed by atoms with van der Waals surface area (Å²) in [7, 11) is 1.00. The van der Waals surface area contributed by atoms with Gasteiger partial charge in [0.15, 0.2) is 12.1 Å². The number of nitrogens with zero attached hydrogens (tertiary/aromatic N) is 2. The van der Waals surface area contributed by atoms with Crippen LogP contribution in [0.2, 0.25) is 5.02 Å². The molecule has 11 heteroatoms. The quantitative estimate of drug-likeness (QED) is 0.113. The number of aldehydes is 1. The van der Waals surface area contributed by atoms with Crippen molar-refractivity contribution in [2.24, 2.45) is 5.92 Å². The van der Waals surface area contributed by atoms with Crippen LogP contribution in [0.1, 0.15) is 15.9 Å². The Hall–Kier alpha value is -4.19. The van der Waals surface area contributed by atoms with Gasteiger partial charge in [0.25, 0.3) is 6.01 Å².